The monoisotopic (exact) mass is 743 g/mol. The van der Waals surface area contributed by atoms with E-state index >= 15 is 0 Å². The lowest BCUT2D eigenvalue weighted by Gasteiger charge is -2.09. The normalized spacial score (nSPS) is 11.5. The van der Waals surface area contributed by atoms with E-state index in [1.165, 1.54) is 64.9 Å². The summed E-state index contributed by atoms with van der Waals surface area (Å²) in [6.45, 7) is 14.1. The molecule has 0 heterocycles. The molecule has 0 fully saturated rings. The van der Waals surface area contributed by atoms with E-state index in [9.17, 15) is 4.79 Å². The summed E-state index contributed by atoms with van der Waals surface area (Å²) >= 11 is 0. The molecule has 14 heteroatoms. The lowest BCUT2D eigenvalue weighted by molar-refractivity contribution is -0.146. The summed E-state index contributed by atoms with van der Waals surface area (Å²) in [5, 5.41) is 0. The SMILES string of the molecule is CCCCCCCCCCCCOCCOCCOCCOCCOCCOCCOCCOCCOCCOCCOCCOCC(=O)OC. The smallest absolute Gasteiger partial charge is 0.331 e. The van der Waals surface area contributed by atoms with Gasteiger partial charge < -0.3 is 61.6 Å². The van der Waals surface area contributed by atoms with Crippen LogP contribution in [0.5, 0.6) is 0 Å². The maximum absolute atomic E-state index is 10.9. The largest absolute Gasteiger partial charge is 0.467 e. The first kappa shape index (κ1) is 50.0. The number of unbranched alkanes of at least 4 members (excludes halogenated alkanes) is 9. The molecule has 0 aromatic rings. The van der Waals surface area contributed by atoms with Crippen LogP contribution in [-0.2, 0) is 66.4 Å². The Hall–Kier alpha value is -1.01. The minimum atomic E-state index is -0.406. The molecule has 306 valence electrons. The maximum atomic E-state index is 10.9. The first-order valence-corrected chi connectivity index (χ1v) is 19.3. The van der Waals surface area contributed by atoms with Crippen molar-refractivity contribution in [2.24, 2.45) is 0 Å². The number of carbonyl (C=O) groups excluding carboxylic acids is 1. The third-order valence-corrected chi connectivity index (χ3v) is 7.18. The maximum Gasteiger partial charge on any atom is 0.331 e. The van der Waals surface area contributed by atoms with E-state index in [1.54, 1.807) is 0 Å². The number of esters is 1. The predicted octanol–water partition coefficient (Wildman–Crippen LogP) is 4.28. The third kappa shape index (κ3) is 47.0. The van der Waals surface area contributed by atoms with Gasteiger partial charge in [-0.2, -0.15) is 0 Å². The fraction of sp³-hybridized carbons (Fsp3) is 0.973. The van der Waals surface area contributed by atoms with E-state index in [0.717, 1.165) is 13.0 Å². The average molecular weight is 743 g/mol. The van der Waals surface area contributed by atoms with Gasteiger partial charge in [0.05, 0.1) is 152 Å². The molecule has 0 aromatic heterocycles. The molecule has 0 aliphatic heterocycles. The zero-order valence-electron chi connectivity index (χ0n) is 32.3. The third-order valence-electron chi connectivity index (χ3n) is 7.18. The molecule has 14 nitrogen and oxygen atoms in total. The minimum Gasteiger partial charge on any atom is -0.467 e. The molecule has 0 atom stereocenters. The quantitative estimate of drug-likeness (QED) is 0.0648. The number of carbonyl (C=O) groups is 1. The van der Waals surface area contributed by atoms with Crippen molar-refractivity contribution in [2.75, 3.05) is 166 Å². The molecular formula is C37H74O14. The number of methoxy groups -OCH3 is 1. The molecule has 0 aliphatic carbocycles. The van der Waals surface area contributed by atoms with Gasteiger partial charge >= 0.3 is 5.97 Å². The van der Waals surface area contributed by atoms with E-state index < -0.39 is 5.97 Å². The van der Waals surface area contributed by atoms with Crippen molar-refractivity contribution in [2.45, 2.75) is 71.1 Å². The van der Waals surface area contributed by atoms with Crippen LogP contribution in [0.1, 0.15) is 71.1 Å². The molecule has 0 N–H and O–H groups in total. The van der Waals surface area contributed by atoms with Gasteiger partial charge in [0.25, 0.3) is 0 Å². The average Bonchev–Trinajstić information content (AvgIpc) is 3.14. The highest BCUT2D eigenvalue weighted by molar-refractivity contribution is 5.70. The summed E-state index contributed by atoms with van der Waals surface area (Å²) in [4.78, 5) is 10.9. The first-order valence-electron chi connectivity index (χ1n) is 19.3. The molecule has 0 aliphatic rings. The van der Waals surface area contributed by atoms with E-state index in [-0.39, 0.29) is 6.61 Å². The van der Waals surface area contributed by atoms with Gasteiger partial charge in [-0.1, -0.05) is 64.7 Å². The topological polar surface area (TPSA) is 137 Å². The second kappa shape index (κ2) is 47.0. The van der Waals surface area contributed by atoms with E-state index in [0.29, 0.717) is 145 Å². The summed E-state index contributed by atoms with van der Waals surface area (Å²) in [5.41, 5.74) is 0. The van der Waals surface area contributed by atoms with E-state index in [4.69, 9.17) is 56.8 Å². The summed E-state index contributed by atoms with van der Waals surface area (Å²) < 4.78 is 69.9. The summed E-state index contributed by atoms with van der Waals surface area (Å²) in [7, 11) is 1.32. The van der Waals surface area contributed by atoms with Gasteiger partial charge in [-0.05, 0) is 6.42 Å². The highest BCUT2D eigenvalue weighted by atomic mass is 16.6. The van der Waals surface area contributed by atoms with Crippen molar-refractivity contribution in [3.05, 3.63) is 0 Å². The molecule has 0 aromatic carbocycles. The molecule has 0 radical (unpaired) electrons. The lowest BCUT2D eigenvalue weighted by atomic mass is 10.1. The molecule has 0 spiro atoms. The van der Waals surface area contributed by atoms with Crippen LogP contribution in [0.3, 0.4) is 0 Å². The molecule has 0 rings (SSSR count). The van der Waals surface area contributed by atoms with Gasteiger partial charge in [0, 0.05) is 6.61 Å². The molecule has 0 bridgehead atoms. The van der Waals surface area contributed by atoms with Gasteiger partial charge in [-0.25, -0.2) is 4.79 Å². The van der Waals surface area contributed by atoms with Crippen molar-refractivity contribution in [1.29, 1.82) is 0 Å². The summed E-state index contributed by atoms with van der Waals surface area (Å²) in [6, 6.07) is 0. The van der Waals surface area contributed by atoms with Crippen LogP contribution in [0, 0.1) is 0 Å². The van der Waals surface area contributed by atoms with Gasteiger partial charge in [0.2, 0.25) is 0 Å². The number of ether oxygens (including phenoxy) is 13. The van der Waals surface area contributed by atoms with Crippen LogP contribution < -0.4 is 0 Å². The Morgan fingerprint density at radius 3 is 0.765 bits per heavy atom. The standard InChI is InChI=1S/C37H74O14/c1-3-4-5-6-7-8-9-10-11-12-13-40-14-15-41-16-17-42-18-19-43-20-21-44-22-23-45-24-25-46-26-27-47-28-29-48-30-31-49-32-33-50-34-35-51-36-37(38)39-2/h3-36H2,1-2H3. The van der Waals surface area contributed by atoms with Crippen LogP contribution in [0.25, 0.3) is 0 Å². The molecule has 0 unspecified atom stereocenters. The van der Waals surface area contributed by atoms with Gasteiger partial charge in [-0.3, -0.25) is 0 Å². The molecule has 0 amide bonds. The molecule has 51 heavy (non-hydrogen) atoms. The van der Waals surface area contributed by atoms with Crippen molar-refractivity contribution < 1.29 is 66.4 Å². The molecule has 0 saturated heterocycles. The highest BCUT2D eigenvalue weighted by Crippen LogP contribution is 2.10. The zero-order valence-corrected chi connectivity index (χ0v) is 32.3. The van der Waals surface area contributed by atoms with Crippen LogP contribution in [0.15, 0.2) is 0 Å². The Kier molecular flexibility index (Phi) is 46.1. The second-order valence-corrected chi connectivity index (χ2v) is 11.5. The fourth-order valence-electron chi connectivity index (χ4n) is 4.33. The number of hydrogen-bond donors (Lipinski definition) is 0. The molecule has 0 saturated carbocycles. The van der Waals surface area contributed by atoms with Gasteiger partial charge in [0.1, 0.15) is 6.61 Å². The van der Waals surface area contributed by atoms with Gasteiger partial charge in [0.15, 0.2) is 0 Å². The van der Waals surface area contributed by atoms with Crippen molar-refractivity contribution in [1.82, 2.24) is 0 Å². The van der Waals surface area contributed by atoms with E-state index in [2.05, 4.69) is 11.7 Å². The van der Waals surface area contributed by atoms with Crippen LogP contribution in [-0.4, -0.2) is 172 Å². The lowest BCUT2D eigenvalue weighted by Crippen LogP contribution is -2.16. The number of hydrogen-bond acceptors (Lipinski definition) is 14. The van der Waals surface area contributed by atoms with Crippen molar-refractivity contribution >= 4 is 5.97 Å². The Morgan fingerprint density at radius 1 is 0.294 bits per heavy atom. The summed E-state index contributed by atoms with van der Waals surface area (Å²) in [5.74, 6) is -0.406. The van der Waals surface area contributed by atoms with Crippen LogP contribution in [0.2, 0.25) is 0 Å². The molecular weight excluding hydrogens is 668 g/mol. The van der Waals surface area contributed by atoms with Crippen molar-refractivity contribution in [3.8, 4) is 0 Å². The van der Waals surface area contributed by atoms with E-state index in [1.807, 2.05) is 0 Å². The Bertz CT molecular complexity index is 646. The Labute approximate surface area is 309 Å². The van der Waals surface area contributed by atoms with Crippen molar-refractivity contribution in [3.63, 3.8) is 0 Å². The first-order chi connectivity index (χ1) is 25.3. The second-order valence-electron chi connectivity index (χ2n) is 11.5. The van der Waals surface area contributed by atoms with Gasteiger partial charge in [-0.15, -0.1) is 0 Å². The summed E-state index contributed by atoms with van der Waals surface area (Å²) in [6.07, 6.45) is 13.4. The van der Waals surface area contributed by atoms with Crippen LogP contribution >= 0.6 is 0 Å². The minimum absolute atomic E-state index is 0.0691. The Balaban J connectivity index is 3.05. The highest BCUT2D eigenvalue weighted by Gasteiger charge is 2.00. The predicted molar refractivity (Wildman–Crippen MR) is 194 cm³/mol. The zero-order chi connectivity index (χ0) is 36.8. The fourth-order valence-corrected chi connectivity index (χ4v) is 4.33. The van der Waals surface area contributed by atoms with Crippen LogP contribution in [0.4, 0.5) is 0 Å². The number of rotatable bonds is 46. The Morgan fingerprint density at radius 2 is 0.510 bits per heavy atom.